The van der Waals surface area contributed by atoms with E-state index >= 15 is 0 Å². The average molecular weight is 751 g/mol. The molecule has 6 fully saturated rings. The van der Waals surface area contributed by atoms with Crippen LogP contribution in [0.3, 0.4) is 0 Å². The van der Waals surface area contributed by atoms with Crippen molar-refractivity contribution in [2.45, 2.75) is 55.7 Å². The Kier molecular flexibility index (Phi) is 11.9. The number of nitrogens with two attached hydrogens (primary N) is 1. The fourth-order valence-electron chi connectivity index (χ4n) is 6.42. The largest absolute Gasteiger partial charge is 0.384 e. The molecular weight excluding hydrogens is 714 g/mol. The molecule has 0 spiro atoms. The monoisotopic (exact) mass is 749 g/mol. The first kappa shape index (κ1) is 35.6. The number of nitrogen functional groups attached to an aromatic ring is 1. The Morgan fingerprint density at radius 1 is 0.750 bits per heavy atom. The molecule has 9 rings (SSSR count). The molecule has 9 heterocycles. The van der Waals surface area contributed by atoms with Gasteiger partial charge in [-0.15, -0.1) is 12.4 Å². The van der Waals surface area contributed by atoms with Gasteiger partial charge >= 0.3 is 11.6 Å². The third kappa shape index (κ3) is 8.83. The molecule has 3 aromatic rings. The molecule has 6 bridgehead atoms. The Morgan fingerprint density at radius 2 is 1.29 bits per heavy atom. The Labute approximate surface area is 291 Å². The highest BCUT2D eigenvalue weighted by Crippen LogP contribution is 2.33. The summed E-state index contributed by atoms with van der Waals surface area (Å²) >= 11 is 3.11. The highest BCUT2D eigenvalue weighted by molar-refractivity contribution is 9.10. The third-order valence-corrected chi connectivity index (χ3v) is 9.24. The van der Waals surface area contributed by atoms with Crippen LogP contribution < -0.4 is 20.9 Å². The van der Waals surface area contributed by atoms with Gasteiger partial charge in [0.25, 0.3) is 0 Å². The lowest BCUT2D eigenvalue weighted by atomic mass is 10.2. The van der Waals surface area contributed by atoms with Crippen molar-refractivity contribution in [3.63, 3.8) is 0 Å². The van der Waals surface area contributed by atoms with E-state index in [1.54, 1.807) is 18.3 Å². The topological polar surface area (TPSA) is 197 Å². The van der Waals surface area contributed by atoms with Gasteiger partial charge in [0.2, 0.25) is 0 Å². The van der Waals surface area contributed by atoms with Crippen LogP contribution in [-0.2, 0) is 14.2 Å². The van der Waals surface area contributed by atoms with Crippen LogP contribution in [0, 0.1) is 20.2 Å². The van der Waals surface area contributed by atoms with E-state index in [1.807, 2.05) is 18.3 Å². The van der Waals surface area contributed by atoms with Crippen molar-refractivity contribution < 1.29 is 24.1 Å². The number of hydrogen-bond donors (Lipinski definition) is 2. The Hall–Kier alpha value is -3.74. The number of ether oxygens (including phenoxy) is 3. The van der Waals surface area contributed by atoms with Gasteiger partial charge in [-0.05, 0) is 79.3 Å². The van der Waals surface area contributed by atoms with Crippen LogP contribution in [0.15, 0.2) is 59.5 Å². The molecule has 0 aromatic carbocycles. The number of rotatable bonds is 4. The van der Waals surface area contributed by atoms with E-state index < -0.39 is 9.85 Å². The van der Waals surface area contributed by atoms with Crippen LogP contribution in [0.4, 0.5) is 28.8 Å². The quantitative estimate of drug-likeness (QED) is 0.290. The summed E-state index contributed by atoms with van der Waals surface area (Å²) in [7, 11) is 0. The molecule has 18 heteroatoms. The lowest BCUT2D eigenvalue weighted by Crippen LogP contribution is -2.36. The van der Waals surface area contributed by atoms with Crippen LogP contribution in [0.25, 0.3) is 0 Å². The fraction of sp³-hybridized carbons (Fsp3) is 0.500. The number of morpholine rings is 3. The van der Waals surface area contributed by atoms with E-state index in [9.17, 15) is 20.2 Å². The van der Waals surface area contributed by atoms with Gasteiger partial charge in [-0.25, -0.2) is 4.98 Å². The van der Waals surface area contributed by atoms with Gasteiger partial charge in [0, 0.05) is 37.8 Å². The Bertz CT molecular complexity index is 1510. The molecule has 0 radical (unpaired) electrons. The molecule has 0 aliphatic carbocycles. The summed E-state index contributed by atoms with van der Waals surface area (Å²) in [6, 6.07) is 11.7. The van der Waals surface area contributed by atoms with Crippen molar-refractivity contribution in [1.29, 1.82) is 0 Å². The smallest absolute Gasteiger partial charge is 0.363 e. The zero-order valence-corrected chi connectivity index (χ0v) is 28.3. The first-order valence-electron chi connectivity index (χ1n) is 15.4. The minimum Gasteiger partial charge on any atom is -0.384 e. The summed E-state index contributed by atoms with van der Waals surface area (Å²) in [4.78, 5) is 35.5. The lowest BCUT2D eigenvalue weighted by Gasteiger charge is -2.28. The number of anilines is 3. The van der Waals surface area contributed by atoms with Crippen molar-refractivity contribution in [3.8, 4) is 0 Å². The molecule has 0 saturated carbocycles. The van der Waals surface area contributed by atoms with Crippen molar-refractivity contribution in [1.82, 2.24) is 20.3 Å². The van der Waals surface area contributed by atoms with Crippen molar-refractivity contribution in [2.75, 3.05) is 55.0 Å². The molecule has 6 atom stereocenters. The van der Waals surface area contributed by atoms with E-state index in [4.69, 9.17) is 19.9 Å². The van der Waals surface area contributed by atoms with Crippen LogP contribution in [0.2, 0.25) is 0 Å². The van der Waals surface area contributed by atoms with Gasteiger partial charge in [-0.1, -0.05) is 0 Å². The van der Waals surface area contributed by atoms with Crippen molar-refractivity contribution >= 4 is 57.2 Å². The van der Waals surface area contributed by atoms with E-state index in [-0.39, 0.29) is 24.0 Å². The van der Waals surface area contributed by atoms with Gasteiger partial charge in [0.05, 0.1) is 72.3 Å². The fourth-order valence-corrected chi connectivity index (χ4v) is 6.65. The summed E-state index contributed by atoms with van der Waals surface area (Å²) in [5.74, 6) is 0.335. The van der Waals surface area contributed by atoms with Crippen LogP contribution in [-0.4, -0.2) is 101 Å². The summed E-state index contributed by atoms with van der Waals surface area (Å²) in [5.41, 5.74) is 7.65. The molecule has 3 N–H and O–H groups in total. The first-order valence-corrected chi connectivity index (χ1v) is 16.2. The molecule has 48 heavy (non-hydrogen) atoms. The summed E-state index contributed by atoms with van der Waals surface area (Å²) in [5, 5.41) is 23.8. The van der Waals surface area contributed by atoms with Crippen molar-refractivity contribution in [2.24, 2.45) is 0 Å². The maximum Gasteiger partial charge on any atom is 0.363 e. The number of nitrogens with one attached hydrogen (secondary N) is 1. The number of halogens is 2. The first-order chi connectivity index (χ1) is 22.7. The number of aromatic nitrogens is 3. The zero-order valence-electron chi connectivity index (χ0n) is 25.9. The average Bonchev–Trinajstić information content (AvgIpc) is 3.95. The number of nitro groups is 2. The molecule has 3 aromatic heterocycles. The summed E-state index contributed by atoms with van der Waals surface area (Å²) in [6.07, 6.45) is 9.57. The van der Waals surface area contributed by atoms with Gasteiger partial charge in [-0.3, -0.25) is 0 Å². The van der Waals surface area contributed by atoms with Gasteiger partial charge in [0.15, 0.2) is 12.4 Å². The molecule has 3 unspecified atom stereocenters. The minimum absolute atomic E-state index is 0. The molecule has 16 nitrogen and oxygen atoms in total. The highest BCUT2D eigenvalue weighted by Gasteiger charge is 2.40. The standard InChI is InChI=1S/C10H11N3O3.C10H13N3O.C5H3BrN2O2.C5H9NO.ClH/c14-13(15)10-2-1-7(4-11-10)12-5-9-3-8(12)6-16-9;11-10-2-1-7(4-12-10)13-5-9-3-8(13)6-14-9;6-4-1-2-5(7-3-4)8(9)10;1-4-3-7-5(1)2-6-4;/h1-2,4,8-9H,3,5-6H2;1-2,4,8-9H,3,5-6H2,(H2,11,12);1-3H;4-6H,1-3H2;1H/t2*8-,9?;;4-,5?;/m11.1./s1. The van der Waals surface area contributed by atoms with E-state index in [0.29, 0.717) is 42.3 Å². The molecule has 258 valence electrons. The van der Waals surface area contributed by atoms with Crippen molar-refractivity contribution in [3.05, 3.63) is 79.7 Å². The lowest BCUT2D eigenvalue weighted by molar-refractivity contribution is -0.389. The number of nitrogens with zero attached hydrogens (tertiary/aromatic N) is 7. The molecule has 6 aliphatic heterocycles. The third-order valence-electron chi connectivity index (χ3n) is 8.77. The highest BCUT2D eigenvalue weighted by atomic mass is 79.9. The van der Waals surface area contributed by atoms with Gasteiger partial charge in [-0.2, -0.15) is 0 Å². The Morgan fingerprint density at radius 3 is 1.60 bits per heavy atom. The molecule has 6 aliphatic rings. The number of fused-ring (bicyclic) bond motifs is 6. The summed E-state index contributed by atoms with van der Waals surface area (Å²) < 4.78 is 17.1. The number of hydrogen-bond acceptors (Lipinski definition) is 14. The normalized spacial score (nSPS) is 26.8. The second-order valence-electron chi connectivity index (χ2n) is 12.0. The maximum absolute atomic E-state index is 10.5. The SMILES string of the molecule is C1N[C@H]2COC1C2.Cl.Nc1ccc(N2CC3C[C@@H]2CO3)cn1.O=[N+]([O-])c1ccc(Br)cn1.O=[N+]([O-])c1ccc(N2CC3C[C@@H]2CO3)cn1. The van der Waals surface area contributed by atoms with Gasteiger partial charge in [0.1, 0.15) is 5.82 Å². The molecular formula is C30H37BrClN9O7. The van der Waals surface area contributed by atoms with E-state index in [0.717, 1.165) is 68.1 Å². The maximum atomic E-state index is 10.5. The second kappa shape index (κ2) is 16.1. The van der Waals surface area contributed by atoms with Crippen LogP contribution in [0.1, 0.15) is 19.3 Å². The van der Waals surface area contributed by atoms with Gasteiger partial charge < -0.3 is 55.3 Å². The predicted octanol–water partition coefficient (Wildman–Crippen LogP) is 3.53. The number of pyridine rings is 3. The predicted molar refractivity (Wildman–Crippen MR) is 183 cm³/mol. The minimum atomic E-state index is -0.535. The molecule has 6 saturated heterocycles. The van der Waals surface area contributed by atoms with Crippen LogP contribution in [0.5, 0.6) is 0 Å². The molecule has 0 amide bonds. The zero-order chi connectivity index (χ0) is 32.9. The summed E-state index contributed by atoms with van der Waals surface area (Å²) in [6.45, 7) is 5.51. The Balaban J connectivity index is 0.000000129. The van der Waals surface area contributed by atoms with E-state index in [2.05, 4.69) is 46.0 Å². The van der Waals surface area contributed by atoms with E-state index in [1.165, 1.54) is 24.8 Å². The van der Waals surface area contributed by atoms with Crippen LogP contribution >= 0.6 is 28.3 Å². The second-order valence-corrected chi connectivity index (χ2v) is 12.9.